The first kappa shape index (κ1) is 59.9. The summed E-state index contributed by atoms with van der Waals surface area (Å²) in [5.41, 5.74) is 0. The Balaban J connectivity index is 2.28. The number of carbonyl (C=O) groups excluding carboxylic acids is 1. The van der Waals surface area contributed by atoms with E-state index in [9.17, 15) is 30.3 Å². The molecule has 6 N–H and O–H groups in total. The summed E-state index contributed by atoms with van der Waals surface area (Å²) in [6.07, 6.45) is 52.7. The van der Waals surface area contributed by atoms with Gasteiger partial charge >= 0.3 is 0 Å². The van der Waals surface area contributed by atoms with Crippen molar-refractivity contribution in [2.75, 3.05) is 13.2 Å². The van der Waals surface area contributed by atoms with E-state index >= 15 is 0 Å². The molecule has 1 amide bonds. The highest BCUT2D eigenvalue weighted by atomic mass is 16.7. The van der Waals surface area contributed by atoms with Crippen LogP contribution in [-0.2, 0) is 14.3 Å². The van der Waals surface area contributed by atoms with Crippen molar-refractivity contribution in [2.45, 2.75) is 269 Å². The number of carbonyl (C=O) groups is 1. The minimum atomic E-state index is -1.57. The third-order valence-electron chi connectivity index (χ3n) is 12.3. The van der Waals surface area contributed by atoms with Crippen LogP contribution in [0.1, 0.15) is 226 Å². The molecule has 0 aromatic carbocycles. The van der Waals surface area contributed by atoms with E-state index in [-0.39, 0.29) is 12.5 Å². The molecule has 0 aliphatic carbocycles. The summed E-state index contributed by atoms with van der Waals surface area (Å²) in [4.78, 5) is 13.0. The Kier molecular flexibility index (Phi) is 41.9. The molecule has 0 saturated carbocycles. The van der Waals surface area contributed by atoms with Gasteiger partial charge in [0.25, 0.3) is 0 Å². The fourth-order valence-electron chi connectivity index (χ4n) is 8.06. The van der Waals surface area contributed by atoms with Gasteiger partial charge in [-0.1, -0.05) is 209 Å². The third-order valence-corrected chi connectivity index (χ3v) is 12.3. The minimum absolute atomic E-state index is 0.192. The number of unbranched alkanes of at least 4 members (excludes halogenated alkanes) is 26. The molecule has 0 spiro atoms. The molecule has 9 heteroatoms. The maximum absolute atomic E-state index is 13.0. The van der Waals surface area contributed by atoms with Crippen LogP contribution < -0.4 is 5.32 Å². The van der Waals surface area contributed by atoms with E-state index < -0.39 is 49.5 Å². The largest absolute Gasteiger partial charge is 0.394 e. The van der Waals surface area contributed by atoms with Crippen molar-refractivity contribution in [3.05, 3.63) is 60.8 Å². The molecular formula is C55H99NO8. The van der Waals surface area contributed by atoms with Crippen molar-refractivity contribution in [3.63, 3.8) is 0 Å². The predicted molar refractivity (Wildman–Crippen MR) is 267 cm³/mol. The lowest BCUT2D eigenvalue weighted by Crippen LogP contribution is -2.60. The zero-order chi connectivity index (χ0) is 46.6. The summed E-state index contributed by atoms with van der Waals surface area (Å²) in [6, 6.07) is -0.826. The van der Waals surface area contributed by atoms with E-state index in [0.29, 0.717) is 6.42 Å². The molecule has 372 valence electrons. The summed E-state index contributed by atoms with van der Waals surface area (Å²) < 4.78 is 11.2. The quantitative estimate of drug-likeness (QED) is 0.0262. The standard InChI is InChI=1S/C55H99NO8/c1-3-5-7-9-11-13-15-17-19-21-22-23-24-25-26-27-28-29-31-33-35-37-39-41-43-45-51(59)56-48(47-63-55-54(62)53(61)52(60)50(46-57)64-55)49(58)44-42-40-38-36-34-32-30-20-18-16-14-12-10-8-6-4-2/h15,17,21-22,24-25,34,36,42,44,48-50,52-55,57-58,60-62H,3-14,16,18-20,23,26-33,35,37-41,43,45-47H2,1-2H3,(H,56,59)/b17-15-,22-21-,25-24-,36-34+,44-42+. The molecule has 64 heavy (non-hydrogen) atoms. The molecule has 1 aliphatic rings. The lowest BCUT2D eigenvalue weighted by molar-refractivity contribution is -0.302. The molecule has 0 aromatic heterocycles. The highest BCUT2D eigenvalue weighted by Crippen LogP contribution is 2.23. The van der Waals surface area contributed by atoms with Crippen LogP contribution in [0, 0.1) is 0 Å². The van der Waals surface area contributed by atoms with Gasteiger partial charge in [-0.2, -0.15) is 0 Å². The van der Waals surface area contributed by atoms with Crippen LogP contribution in [0.15, 0.2) is 60.8 Å². The lowest BCUT2D eigenvalue weighted by Gasteiger charge is -2.40. The summed E-state index contributed by atoms with van der Waals surface area (Å²) in [5.74, 6) is -0.192. The number of aliphatic hydroxyl groups is 5. The van der Waals surface area contributed by atoms with Crippen molar-refractivity contribution < 1.29 is 39.8 Å². The van der Waals surface area contributed by atoms with Crippen LogP contribution in [0.4, 0.5) is 0 Å². The van der Waals surface area contributed by atoms with E-state index in [4.69, 9.17) is 9.47 Å². The summed E-state index contributed by atoms with van der Waals surface area (Å²) >= 11 is 0. The van der Waals surface area contributed by atoms with Gasteiger partial charge in [-0.25, -0.2) is 0 Å². The second-order valence-electron chi connectivity index (χ2n) is 18.3. The van der Waals surface area contributed by atoms with E-state index in [2.05, 4.69) is 67.8 Å². The summed E-state index contributed by atoms with van der Waals surface area (Å²) in [5, 5.41) is 54.3. The van der Waals surface area contributed by atoms with Gasteiger partial charge in [0.15, 0.2) is 6.29 Å². The second-order valence-corrected chi connectivity index (χ2v) is 18.3. The van der Waals surface area contributed by atoms with Crippen LogP contribution in [0.2, 0.25) is 0 Å². The van der Waals surface area contributed by atoms with Gasteiger partial charge in [0.1, 0.15) is 24.4 Å². The molecule has 1 rings (SSSR count). The van der Waals surface area contributed by atoms with Crippen molar-refractivity contribution >= 4 is 5.91 Å². The number of amides is 1. The minimum Gasteiger partial charge on any atom is -0.394 e. The first-order valence-electron chi connectivity index (χ1n) is 26.5. The lowest BCUT2D eigenvalue weighted by atomic mass is 9.99. The Morgan fingerprint density at radius 3 is 1.42 bits per heavy atom. The SMILES string of the molecule is CCCCCCC/C=C\C/C=C\C/C=C\CCCCCCCCCCCCC(=O)NC(COC1OC(CO)C(O)C(O)C1O)C(O)/C=C/CC/C=C/CCCCCCCCCCCC. The Bertz CT molecular complexity index is 1180. The monoisotopic (exact) mass is 902 g/mol. The van der Waals surface area contributed by atoms with E-state index in [0.717, 1.165) is 51.4 Å². The van der Waals surface area contributed by atoms with Crippen molar-refractivity contribution in [2.24, 2.45) is 0 Å². The van der Waals surface area contributed by atoms with Crippen LogP contribution in [-0.4, -0.2) is 87.5 Å². The fraction of sp³-hybridized carbons (Fsp3) is 0.800. The highest BCUT2D eigenvalue weighted by molar-refractivity contribution is 5.76. The Morgan fingerprint density at radius 2 is 0.938 bits per heavy atom. The molecule has 0 aromatic rings. The van der Waals surface area contributed by atoms with Gasteiger partial charge in [0.05, 0.1) is 25.4 Å². The Labute approximate surface area is 392 Å². The van der Waals surface area contributed by atoms with Crippen LogP contribution in [0.25, 0.3) is 0 Å². The molecule has 0 bridgehead atoms. The molecular weight excluding hydrogens is 803 g/mol. The van der Waals surface area contributed by atoms with Gasteiger partial charge in [-0.3, -0.25) is 4.79 Å². The second kappa shape index (κ2) is 44.7. The number of nitrogens with one attached hydrogen (secondary N) is 1. The molecule has 0 radical (unpaired) electrons. The number of ether oxygens (including phenoxy) is 2. The van der Waals surface area contributed by atoms with Gasteiger partial charge in [-0.15, -0.1) is 0 Å². The number of rotatable bonds is 44. The third kappa shape index (κ3) is 34.2. The van der Waals surface area contributed by atoms with Crippen LogP contribution >= 0.6 is 0 Å². The Hall–Kier alpha value is -2.11. The van der Waals surface area contributed by atoms with Crippen LogP contribution in [0.3, 0.4) is 0 Å². The molecule has 1 heterocycles. The maximum atomic E-state index is 13.0. The predicted octanol–water partition coefficient (Wildman–Crippen LogP) is 12.3. The first-order valence-corrected chi connectivity index (χ1v) is 26.5. The molecule has 7 atom stereocenters. The van der Waals surface area contributed by atoms with Crippen molar-refractivity contribution in [1.82, 2.24) is 5.32 Å². The van der Waals surface area contributed by atoms with E-state index in [1.165, 1.54) is 154 Å². The number of allylic oxidation sites excluding steroid dienone is 9. The summed E-state index contributed by atoms with van der Waals surface area (Å²) in [6.45, 7) is 3.75. The van der Waals surface area contributed by atoms with Gasteiger partial charge < -0.3 is 40.3 Å². The molecule has 1 saturated heterocycles. The van der Waals surface area contributed by atoms with E-state index in [1.807, 2.05) is 6.08 Å². The van der Waals surface area contributed by atoms with Crippen LogP contribution in [0.5, 0.6) is 0 Å². The first-order chi connectivity index (χ1) is 31.3. The Morgan fingerprint density at radius 1 is 0.531 bits per heavy atom. The van der Waals surface area contributed by atoms with Gasteiger partial charge in [-0.05, 0) is 70.6 Å². The molecule has 1 fully saturated rings. The molecule has 7 unspecified atom stereocenters. The number of aliphatic hydroxyl groups excluding tert-OH is 5. The van der Waals surface area contributed by atoms with Gasteiger partial charge in [0.2, 0.25) is 5.91 Å². The maximum Gasteiger partial charge on any atom is 0.220 e. The number of hydrogen-bond acceptors (Lipinski definition) is 8. The normalized spacial score (nSPS) is 20.5. The average molecular weight is 902 g/mol. The number of hydrogen-bond donors (Lipinski definition) is 6. The zero-order valence-electron chi connectivity index (χ0n) is 41.0. The van der Waals surface area contributed by atoms with Gasteiger partial charge in [0, 0.05) is 6.42 Å². The highest BCUT2D eigenvalue weighted by Gasteiger charge is 2.44. The zero-order valence-corrected chi connectivity index (χ0v) is 41.0. The van der Waals surface area contributed by atoms with Crippen molar-refractivity contribution in [3.8, 4) is 0 Å². The van der Waals surface area contributed by atoms with Crippen molar-refractivity contribution in [1.29, 1.82) is 0 Å². The smallest absolute Gasteiger partial charge is 0.220 e. The molecule has 1 aliphatic heterocycles. The summed E-state index contributed by atoms with van der Waals surface area (Å²) in [7, 11) is 0. The topological polar surface area (TPSA) is 149 Å². The fourth-order valence-corrected chi connectivity index (χ4v) is 8.06. The molecule has 9 nitrogen and oxygen atoms in total. The van der Waals surface area contributed by atoms with E-state index in [1.54, 1.807) is 6.08 Å². The average Bonchev–Trinajstić information content (AvgIpc) is 3.29.